The van der Waals surface area contributed by atoms with Crippen LogP contribution in [0.4, 0.5) is 0 Å². The third-order valence-electron chi connectivity index (χ3n) is 2.07. The largest absolute Gasteiger partial charge is 0.298 e. The first-order valence-corrected chi connectivity index (χ1v) is 5.96. The van der Waals surface area contributed by atoms with Crippen LogP contribution in [0.5, 0.6) is 0 Å². The second-order valence-electron chi connectivity index (χ2n) is 3.22. The summed E-state index contributed by atoms with van der Waals surface area (Å²) in [5.74, 6) is 0. The van der Waals surface area contributed by atoms with Gasteiger partial charge in [0.15, 0.2) is 6.29 Å². The summed E-state index contributed by atoms with van der Waals surface area (Å²) in [4.78, 5) is 12.8. The monoisotopic (exact) mass is 248 g/mol. The molecule has 1 nitrogen and oxygen atoms in total. The fourth-order valence-corrected chi connectivity index (χ4v) is 2.51. The molecule has 16 heavy (non-hydrogen) atoms. The normalized spacial score (nSPS) is 10.1. The molecule has 0 saturated carbocycles. The molecular weight excluding hydrogens is 240 g/mol. The van der Waals surface area contributed by atoms with Crippen LogP contribution in [0.2, 0.25) is 5.02 Å². The SMILES string of the molecule is O=Cc1ccc(Cl)cc1Sc1ccccc1. The molecule has 0 aliphatic carbocycles. The molecule has 0 bridgehead atoms. The third-order valence-corrected chi connectivity index (χ3v) is 3.39. The summed E-state index contributed by atoms with van der Waals surface area (Å²) in [7, 11) is 0. The molecule has 0 fully saturated rings. The van der Waals surface area contributed by atoms with Gasteiger partial charge in [0.05, 0.1) is 0 Å². The number of aldehydes is 1. The van der Waals surface area contributed by atoms with Gasteiger partial charge in [-0.15, -0.1) is 0 Å². The van der Waals surface area contributed by atoms with Gasteiger partial charge in [-0.25, -0.2) is 0 Å². The highest BCUT2D eigenvalue weighted by atomic mass is 35.5. The first-order chi connectivity index (χ1) is 7.79. The highest BCUT2D eigenvalue weighted by molar-refractivity contribution is 7.99. The molecule has 0 spiro atoms. The van der Waals surface area contributed by atoms with Crippen molar-refractivity contribution < 1.29 is 4.79 Å². The Bertz CT molecular complexity index is 497. The van der Waals surface area contributed by atoms with E-state index in [4.69, 9.17) is 11.6 Å². The van der Waals surface area contributed by atoms with Crippen molar-refractivity contribution in [3.8, 4) is 0 Å². The van der Waals surface area contributed by atoms with Gasteiger partial charge in [-0.1, -0.05) is 41.6 Å². The summed E-state index contributed by atoms with van der Waals surface area (Å²) in [6, 6.07) is 15.2. The highest BCUT2D eigenvalue weighted by Crippen LogP contribution is 2.31. The maximum absolute atomic E-state index is 10.9. The summed E-state index contributed by atoms with van der Waals surface area (Å²) in [6.07, 6.45) is 0.849. The molecule has 0 aromatic heterocycles. The van der Waals surface area contributed by atoms with Crippen LogP contribution in [0.3, 0.4) is 0 Å². The van der Waals surface area contributed by atoms with Gasteiger partial charge in [0.1, 0.15) is 0 Å². The molecule has 2 aromatic rings. The lowest BCUT2D eigenvalue weighted by molar-refractivity contribution is 0.112. The van der Waals surface area contributed by atoms with Gasteiger partial charge in [0.2, 0.25) is 0 Å². The minimum absolute atomic E-state index is 0.643. The van der Waals surface area contributed by atoms with Crippen molar-refractivity contribution in [1.29, 1.82) is 0 Å². The van der Waals surface area contributed by atoms with E-state index in [1.807, 2.05) is 36.4 Å². The minimum Gasteiger partial charge on any atom is -0.298 e. The van der Waals surface area contributed by atoms with Crippen molar-refractivity contribution in [2.24, 2.45) is 0 Å². The number of benzene rings is 2. The van der Waals surface area contributed by atoms with Crippen LogP contribution in [-0.2, 0) is 0 Å². The van der Waals surface area contributed by atoms with Crippen molar-refractivity contribution in [1.82, 2.24) is 0 Å². The van der Waals surface area contributed by atoms with E-state index < -0.39 is 0 Å². The van der Waals surface area contributed by atoms with Gasteiger partial charge in [0.25, 0.3) is 0 Å². The minimum atomic E-state index is 0.643. The lowest BCUT2D eigenvalue weighted by Gasteiger charge is -2.04. The van der Waals surface area contributed by atoms with Crippen LogP contribution in [-0.4, -0.2) is 6.29 Å². The van der Waals surface area contributed by atoms with Crippen molar-refractivity contribution in [2.45, 2.75) is 9.79 Å². The predicted octanol–water partition coefficient (Wildman–Crippen LogP) is 4.30. The number of carbonyl (C=O) groups excluding carboxylic acids is 1. The summed E-state index contributed by atoms with van der Waals surface area (Å²) < 4.78 is 0. The van der Waals surface area contributed by atoms with E-state index in [1.54, 1.807) is 12.1 Å². The van der Waals surface area contributed by atoms with Gasteiger partial charge in [-0.3, -0.25) is 4.79 Å². The Morgan fingerprint density at radius 1 is 1.06 bits per heavy atom. The summed E-state index contributed by atoms with van der Waals surface area (Å²) >= 11 is 7.45. The van der Waals surface area contributed by atoms with E-state index in [2.05, 4.69) is 0 Å². The average molecular weight is 249 g/mol. The zero-order chi connectivity index (χ0) is 11.4. The second-order valence-corrected chi connectivity index (χ2v) is 4.77. The van der Waals surface area contributed by atoms with Crippen LogP contribution in [0.15, 0.2) is 58.3 Å². The highest BCUT2D eigenvalue weighted by Gasteiger charge is 2.04. The fraction of sp³-hybridized carbons (Fsp3) is 0. The quantitative estimate of drug-likeness (QED) is 0.754. The zero-order valence-corrected chi connectivity index (χ0v) is 9.96. The molecule has 0 amide bonds. The summed E-state index contributed by atoms with van der Waals surface area (Å²) in [5.41, 5.74) is 0.665. The Kier molecular flexibility index (Phi) is 3.65. The van der Waals surface area contributed by atoms with Crippen LogP contribution in [0.25, 0.3) is 0 Å². The van der Waals surface area contributed by atoms with Gasteiger partial charge in [-0.2, -0.15) is 0 Å². The molecule has 0 aliphatic rings. The number of rotatable bonds is 3. The lowest BCUT2D eigenvalue weighted by Crippen LogP contribution is -1.84. The number of carbonyl (C=O) groups is 1. The molecule has 0 heterocycles. The predicted molar refractivity (Wildman–Crippen MR) is 67.4 cm³/mol. The molecule has 0 aliphatic heterocycles. The fourth-order valence-electron chi connectivity index (χ4n) is 1.31. The first kappa shape index (κ1) is 11.2. The summed E-state index contributed by atoms with van der Waals surface area (Å²) in [6.45, 7) is 0. The molecule has 2 aromatic carbocycles. The van der Waals surface area contributed by atoms with Crippen molar-refractivity contribution in [3.05, 3.63) is 59.1 Å². The topological polar surface area (TPSA) is 17.1 Å². The molecule has 0 atom stereocenters. The Morgan fingerprint density at radius 2 is 1.81 bits per heavy atom. The Labute approximate surface area is 103 Å². The molecule has 0 radical (unpaired) electrons. The van der Waals surface area contributed by atoms with Crippen LogP contribution in [0.1, 0.15) is 10.4 Å². The molecule has 3 heteroatoms. The van der Waals surface area contributed by atoms with E-state index in [0.717, 1.165) is 16.1 Å². The maximum atomic E-state index is 10.9. The zero-order valence-electron chi connectivity index (χ0n) is 8.39. The molecule has 2 rings (SSSR count). The third kappa shape index (κ3) is 2.65. The molecule has 80 valence electrons. The van der Waals surface area contributed by atoms with E-state index >= 15 is 0 Å². The maximum Gasteiger partial charge on any atom is 0.151 e. The van der Waals surface area contributed by atoms with Crippen LogP contribution in [0, 0.1) is 0 Å². The molecular formula is C13H9ClOS. The Morgan fingerprint density at radius 3 is 2.50 bits per heavy atom. The smallest absolute Gasteiger partial charge is 0.151 e. The Balaban J connectivity index is 2.33. The van der Waals surface area contributed by atoms with Gasteiger partial charge < -0.3 is 0 Å². The van der Waals surface area contributed by atoms with E-state index in [9.17, 15) is 4.79 Å². The van der Waals surface area contributed by atoms with E-state index in [0.29, 0.717) is 10.6 Å². The van der Waals surface area contributed by atoms with Crippen LogP contribution >= 0.6 is 23.4 Å². The lowest BCUT2D eigenvalue weighted by atomic mass is 10.2. The van der Waals surface area contributed by atoms with E-state index in [-0.39, 0.29) is 0 Å². The number of halogens is 1. The Hall–Kier alpha value is -1.25. The molecule has 0 saturated heterocycles. The average Bonchev–Trinajstić information content (AvgIpc) is 2.31. The van der Waals surface area contributed by atoms with Crippen molar-refractivity contribution in [2.75, 3.05) is 0 Å². The first-order valence-electron chi connectivity index (χ1n) is 4.77. The number of hydrogen-bond acceptors (Lipinski definition) is 2. The molecule has 0 N–H and O–H groups in total. The van der Waals surface area contributed by atoms with Gasteiger partial charge in [-0.05, 0) is 30.3 Å². The van der Waals surface area contributed by atoms with Crippen LogP contribution < -0.4 is 0 Å². The molecule has 0 unspecified atom stereocenters. The van der Waals surface area contributed by atoms with Crippen molar-refractivity contribution >= 4 is 29.6 Å². The number of hydrogen-bond donors (Lipinski definition) is 0. The second kappa shape index (κ2) is 5.19. The van der Waals surface area contributed by atoms with E-state index in [1.165, 1.54) is 11.8 Å². The van der Waals surface area contributed by atoms with Crippen molar-refractivity contribution in [3.63, 3.8) is 0 Å². The summed E-state index contributed by atoms with van der Waals surface area (Å²) in [5, 5.41) is 0.643. The standard InChI is InChI=1S/C13H9ClOS/c14-11-7-6-10(9-15)13(8-11)16-12-4-2-1-3-5-12/h1-9H. The van der Waals surface area contributed by atoms with Gasteiger partial charge >= 0.3 is 0 Å². The van der Waals surface area contributed by atoms with Gasteiger partial charge in [0, 0.05) is 20.4 Å².